The number of halogens is 1. The van der Waals surface area contributed by atoms with E-state index >= 15 is 0 Å². The van der Waals surface area contributed by atoms with Gasteiger partial charge < -0.3 is 19.8 Å². The molecule has 0 saturated heterocycles. The number of carbonyl (C=O) groups is 1. The molecule has 3 rings (SSSR count). The smallest absolute Gasteiger partial charge is 0.243 e. The van der Waals surface area contributed by atoms with Crippen molar-refractivity contribution in [2.24, 2.45) is 0 Å². The van der Waals surface area contributed by atoms with Gasteiger partial charge in [0, 0.05) is 23.3 Å². The Kier molecular flexibility index (Phi) is 6.37. The summed E-state index contributed by atoms with van der Waals surface area (Å²) in [5.41, 5.74) is 2.30. The number of nitrogens with one attached hydrogen (secondary N) is 2. The third kappa shape index (κ3) is 3.99. The zero-order valence-corrected chi connectivity index (χ0v) is 17.6. The molecule has 3 aromatic rings. The van der Waals surface area contributed by atoms with Gasteiger partial charge in [-0.2, -0.15) is 0 Å². The third-order valence-electron chi connectivity index (χ3n) is 4.58. The first kappa shape index (κ1) is 21.3. The fourth-order valence-corrected chi connectivity index (χ4v) is 3.49. The number of aromatic nitrogens is 3. The zero-order chi connectivity index (χ0) is 21.8. The van der Waals surface area contributed by atoms with Crippen molar-refractivity contribution < 1.29 is 14.3 Å². The second kappa shape index (κ2) is 8.96. The Balaban J connectivity index is 2.15. The molecule has 2 heterocycles. The van der Waals surface area contributed by atoms with Crippen LogP contribution >= 0.6 is 11.6 Å². The summed E-state index contributed by atoms with van der Waals surface area (Å²) in [6.45, 7) is 5.44. The Morgan fingerprint density at radius 1 is 1.30 bits per heavy atom. The average molecular weight is 429 g/mol. The van der Waals surface area contributed by atoms with Crippen molar-refractivity contribution in [2.45, 2.75) is 19.9 Å². The predicted molar refractivity (Wildman–Crippen MR) is 115 cm³/mol. The summed E-state index contributed by atoms with van der Waals surface area (Å²) in [5, 5.41) is 2.95. The van der Waals surface area contributed by atoms with Crippen molar-refractivity contribution in [1.82, 2.24) is 20.3 Å². The van der Waals surface area contributed by atoms with Crippen molar-refractivity contribution in [1.29, 1.82) is 0 Å². The van der Waals surface area contributed by atoms with Crippen LogP contribution in [0.1, 0.15) is 18.3 Å². The third-order valence-corrected chi connectivity index (χ3v) is 4.96. The van der Waals surface area contributed by atoms with E-state index in [1.807, 2.05) is 6.92 Å². The maximum absolute atomic E-state index is 12.8. The molecule has 0 radical (unpaired) electrons. The number of ether oxygens (including phenoxy) is 2. The maximum atomic E-state index is 12.8. The number of hydrogen-bond donors (Lipinski definition) is 2. The summed E-state index contributed by atoms with van der Waals surface area (Å²) < 4.78 is 10.9. The van der Waals surface area contributed by atoms with Crippen LogP contribution in [-0.4, -0.2) is 35.1 Å². The first-order valence-electron chi connectivity index (χ1n) is 9.16. The van der Waals surface area contributed by atoms with Gasteiger partial charge in [0.15, 0.2) is 0 Å². The molecule has 2 aromatic heterocycles. The average Bonchev–Trinajstić information content (AvgIpc) is 2.76. The second-order valence-electron chi connectivity index (χ2n) is 6.32. The number of pyridine rings is 1. The molecular weight excluding hydrogens is 408 g/mol. The molecule has 0 aliphatic carbocycles. The van der Waals surface area contributed by atoms with E-state index < -0.39 is 0 Å². The molecule has 0 bridgehead atoms. The van der Waals surface area contributed by atoms with Crippen molar-refractivity contribution in [3.8, 4) is 22.8 Å². The monoisotopic (exact) mass is 428 g/mol. The van der Waals surface area contributed by atoms with Crippen molar-refractivity contribution in [2.75, 3.05) is 14.2 Å². The molecule has 0 spiro atoms. The van der Waals surface area contributed by atoms with Gasteiger partial charge in [-0.1, -0.05) is 25.1 Å². The molecule has 156 valence electrons. The second-order valence-corrected chi connectivity index (χ2v) is 6.70. The van der Waals surface area contributed by atoms with E-state index in [4.69, 9.17) is 21.1 Å². The molecule has 0 unspecified atom stereocenters. The number of hydrogen-bond acceptors (Lipinski definition) is 6. The number of benzene rings is 1. The predicted octanol–water partition coefficient (Wildman–Crippen LogP) is 3.02. The van der Waals surface area contributed by atoms with E-state index in [1.165, 1.54) is 19.4 Å². The van der Waals surface area contributed by atoms with E-state index in [-0.39, 0.29) is 23.4 Å². The number of amides is 1. The molecule has 0 atom stereocenters. The van der Waals surface area contributed by atoms with Gasteiger partial charge >= 0.3 is 0 Å². The van der Waals surface area contributed by atoms with Crippen LogP contribution in [0, 0.1) is 0 Å². The summed E-state index contributed by atoms with van der Waals surface area (Å²) >= 11 is 6.59. The number of H-pyrrole nitrogens is 1. The van der Waals surface area contributed by atoms with Gasteiger partial charge in [0.05, 0.1) is 43.2 Å². The molecule has 8 nitrogen and oxygen atoms in total. The number of nitrogens with zero attached hydrogens (tertiary/aromatic N) is 2. The van der Waals surface area contributed by atoms with Gasteiger partial charge in [-0.05, 0) is 12.5 Å². The van der Waals surface area contributed by atoms with Gasteiger partial charge in [0.2, 0.25) is 11.3 Å². The molecule has 30 heavy (non-hydrogen) atoms. The van der Waals surface area contributed by atoms with E-state index in [0.29, 0.717) is 45.5 Å². The molecule has 1 aromatic carbocycles. The van der Waals surface area contributed by atoms with Crippen molar-refractivity contribution in [3.05, 3.63) is 57.6 Å². The highest BCUT2D eigenvalue weighted by Crippen LogP contribution is 2.42. The van der Waals surface area contributed by atoms with Crippen LogP contribution in [0.25, 0.3) is 22.3 Å². The van der Waals surface area contributed by atoms with E-state index in [2.05, 4.69) is 26.8 Å². The van der Waals surface area contributed by atoms with Crippen LogP contribution in [0.5, 0.6) is 11.5 Å². The van der Waals surface area contributed by atoms with Crippen LogP contribution in [0.15, 0.2) is 35.8 Å². The normalized spacial score (nSPS) is 10.7. The zero-order valence-electron chi connectivity index (χ0n) is 16.8. The molecule has 0 saturated carbocycles. The summed E-state index contributed by atoms with van der Waals surface area (Å²) in [7, 11) is 3.08. The van der Waals surface area contributed by atoms with Gasteiger partial charge in [-0.25, -0.2) is 9.97 Å². The molecule has 0 aliphatic rings. The van der Waals surface area contributed by atoms with Crippen LogP contribution in [0.3, 0.4) is 0 Å². The lowest BCUT2D eigenvalue weighted by Crippen LogP contribution is -2.22. The van der Waals surface area contributed by atoms with Crippen LogP contribution < -0.4 is 20.2 Å². The van der Waals surface area contributed by atoms with Crippen molar-refractivity contribution >= 4 is 28.5 Å². The van der Waals surface area contributed by atoms with Gasteiger partial charge in [-0.3, -0.25) is 9.59 Å². The quantitative estimate of drug-likeness (QED) is 0.560. The van der Waals surface area contributed by atoms with Gasteiger partial charge in [0.25, 0.3) is 0 Å². The maximum Gasteiger partial charge on any atom is 0.243 e. The minimum Gasteiger partial charge on any atom is -0.496 e. The minimum absolute atomic E-state index is 0.0842. The number of rotatable bonds is 7. The summed E-state index contributed by atoms with van der Waals surface area (Å²) in [6.07, 6.45) is 3.28. The Hall–Kier alpha value is -3.39. The highest BCUT2D eigenvalue weighted by atomic mass is 35.5. The minimum atomic E-state index is -0.350. The number of methoxy groups -OCH3 is 2. The lowest BCUT2D eigenvalue weighted by molar-refractivity contribution is -0.116. The molecule has 2 N–H and O–H groups in total. The number of carbonyl (C=O) groups excluding carboxylic acids is 1. The molecule has 0 aliphatic heterocycles. The van der Waals surface area contributed by atoms with Crippen LogP contribution in [-0.2, 0) is 17.8 Å². The standard InChI is InChI=1S/C21H21ClN4O4/c1-5-11-15(29-3)8-16(30-4)20(22)19(11)12-7-14(27)21-13(25-12)9-23-17(26-21)10-24-18(28)6-2/h6-9H,2,5,10H2,1,3-4H3,(H,24,28)(H,25,27). The molecule has 1 amide bonds. The first-order valence-corrected chi connectivity index (χ1v) is 9.54. The Morgan fingerprint density at radius 2 is 2.03 bits per heavy atom. The van der Waals surface area contributed by atoms with E-state index in [0.717, 1.165) is 11.6 Å². The fraction of sp³-hybridized carbons (Fsp3) is 0.238. The SMILES string of the molecule is C=CC(=O)NCc1ncc2[nH]c(-c3c(Cl)c(OC)cc(OC)c3CC)cc(=O)c2n1. The topological polar surface area (TPSA) is 106 Å². The van der Waals surface area contributed by atoms with E-state index in [1.54, 1.807) is 13.2 Å². The van der Waals surface area contributed by atoms with E-state index in [9.17, 15) is 9.59 Å². The van der Waals surface area contributed by atoms with Crippen LogP contribution in [0.2, 0.25) is 5.02 Å². The van der Waals surface area contributed by atoms with Crippen molar-refractivity contribution in [3.63, 3.8) is 0 Å². The molecule has 9 heteroatoms. The summed E-state index contributed by atoms with van der Waals surface area (Å²) in [4.78, 5) is 35.8. The van der Waals surface area contributed by atoms with Gasteiger partial charge in [0.1, 0.15) is 22.8 Å². The number of fused-ring (bicyclic) bond motifs is 1. The Morgan fingerprint density at radius 3 is 2.67 bits per heavy atom. The van der Waals surface area contributed by atoms with Gasteiger partial charge in [-0.15, -0.1) is 0 Å². The summed E-state index contributed by atoms with van der Waals surface area (Å²) in [5.74, 6) is 1.01. The lowest BCUT2D eigenvalue weighted by atomic mass is 9.99. The number of aromatic amines is 1. The molecular formula is C21H21ClN4O4. The lowest BCUT2D eigenvalue weighted by Gasteiger charge is -2.17. The Bertz CT molecular complexity index is 1190. The highest BCUT2D eigenvalue weighted by molar-refractivity contribution is 6.35. The fourth-order valence-electron chi connectivity index (χ4n) is 3.15. The first-order chi connectivity index (χ1) is 14.4. The highest BCUT2D eigenvalue weighted by Gasteiger charge is 2.20. The summed E-state index contributed by atoms with van der Waals surface area (Å²) in [6, 6.07) is 3.15. The molecule has 0 fully saturated rings. The largest absolute Gasteiger partial charge is 0.496 e. The Labute approximate surface area is 177 Å². The van der Waals surface area contributed by atoms with Crippen LogP contribution in [0.4, 0.5) is 0 Å².